The van der Waals surface area contributed by atoms with Gasteiger partial charge in [0.15, 0.2) is 11.5 Å². The van der Waals surface area contributed by atoms with E-state index in [0.29, 0.717) is 5.56 Å². The first-order valence-electron chi connectivity index (χ1n) is 9.01. The van der Waals surface area contributed by atoms with E-state index in [1.54, 1.807) is 40.7 Å². The van der Waals surface area contributed by atoms with Crippen LogP contribution in [0.5, 0.6) is 11.5 Å². The van der Waals surface area contributed by atoms with Crippen molar-refractivity contribution in [1.29, 1.82) is 0 Å². The molecular weight excluding hydrogens is 376 g/mol. The number of carbonyl (C=O) groups is 1. The average molecular weight is 401 g/mol. The highest BCUT2D eigenvalue weighted by molar-refractivity contribution is 5.70. The van der Waals surface area contributed by atoms with Gasteiger partial charge in [0.05, 0.1) is 12.6 Å². The number of fused-ring (bicyclic) bond motifs is 1. The van der Waals surface area contributed by atoms with E-state index in [9.17, 15) is 18.7 Å². The second-order valence-corrected chi connectivity index (χ2v) is 8.36. The van der Waals surface area contributed by atoms with Crippen LogP contribution >= 0.6 is 0 Å². The predicted molar refractivity (Wildman–Crippen MR) is 94.2 cm³/mol. The van der Waals surface area contributed by atoms with E-state index in [-0.39, 0.29) is 24.5 Å². The Morgan fingerprint density at radius 1 is 1.25 bits per heavy atom. The number of aliphatic hydroxyl groups is 1. The molecule has 28 heavy (non-hydrogen) atoms. The molecule has 0 bridgehead atoms. The van der Waals surface area contributed by atoms with Crippen molar-refractivity contribution in [3.63, 3.8) is 0 Å². The second kappa shape index (κ2) is 6.73. The fourth-order valence-corrected chi connectivity index (χ4v) is 3.48. The van der Waals surface area contributed by atoms with Gasteiger partial charge in [0, 0.05) is 0 Å². The van der Waals surface area contributed by atoms with Crippen LogP contribution in [0.25, 0.3) is 0 Å². The third kappa shape index (κ3) is 4.15. The van der Waals surface area contributed by atoms with Crippen LogP contribution in [0.4, 0.5) is 13.6 Å². The van der Waals surface area contributed by atoms with Crippen LogP contribution in [-0.2, 0) is 15.9 Å². The average Bonchev–Trinajstić information content (AvgIpc) is 2.96. The number of rotatable bonds is 3. The predicted octanol–water partition coefficient (Wildman–Crippen LogP) is 3.28. The maximum atomic E-state index is 13.3. The highest BCUT2D eigenvalue weighted by atomic mass is 19.3. The first-order valence-corrected chi connectivity index (χ1v) is 9.01. The van der Waals surface area contributed by atoms with Crippen molar-refractivity contribution in [2.75, 3.05) is 6.61 Å². The van der Waals surface area contributed by atoms with Crippen LogP contribution in [0.1, 0.15) is 40.2 Å². The standard InChI is InChI=1S/C19H25F2NO6/c1-17(2,3)28-16(24)22-12(15(10-23)25-18(22,4)5)8-11-6-7-13-14(9-11)27-19(20,21)26-13/h6-7,9,12,15,23H,8,10H2,1-5H3/t12?,15-/m1/s1. The molecule has 1 saturated heterocycles. The summed E-state index contributed by atoms with van der Waals surface area (Å²) in [5.74, 6) is -0.135. The monoisotopic (exact) mass is 401 g/mol. The van der Waals surface area contributed by atoms with E-state index in [2.05, 4.69) is 9.47 Å². The van der Waals surface area contributed by atoms with Gasteiger partial charge in [-0.1, -0.05) is 6.07 Å². The van der Waals surface area contributed by atoms with Crippen LogP contribution in [0.3, 0.4) is 0 Å². The summed E-state index contributed by atoms with van der Waals surface area (Å²) in [6.45, 7) is 8.37. The molecule has 7 nitrogen and oxygen atoms in total. The zero-order valence-corrected chi connectivity index (χ0v) is 16.5. The zero-order chi connectivity index (χ0) is 20.9. The molecule has 156 valence electrons. The number of halogens is 2. The molecule has 0 radical (unpaired) electrons. The minimum Gasteiger partial charge on any atom is -0.444 e. The van der Waals surface area contributed by atoms with Gasteiger partial charge in [-0.3, -0.25) is 4.90 Å². The van der Waals surface area contributed by atoms with Crippen molar-refractivity contribution in [2.24, 2.45) is 0 Å². The number of hydrogen-bond acceptors (Lipinski definition) is 6. The summed E-state index contributed by atoms with van der Waals surface area (Å²) in [6.07, 6.45) is -4.69. The van der Waals surface area contributed by atoms with Crippen molar-refractivity contribution < 1.29 is 37.6 Å². The molecule has 1 aromatic carbocycles. The number of carbonyl (C=O) groups excluding carboxylic acids is 1. The zero-order valence-electron chi connectivity index (χ0n) is 16.5. The van der Waals surface area contributed by atoms with Crippen LogP contribution in [0, 0.1) is 0 Å². The van der Waals surface area contributed by atoms with Crippen molar-refractivity contribution in [1.82, 2.24) is 4.90 Å². The number of aliphatic hydroxyl groups excluding tert-OH is 1. The molecule has 2 aliphatic heterocycles. The van der Waals surface area contributed by atoms with Gasteiger partial charge in [0.25, 0.3) is 0 Å². The summed E-state index contributed by atoms with van der Waals surface area (Å²) in [4.78, 5) is 14.3. The lowest BCUT2D eigenvalue weighted by Gasteiger charge is -2.35. The fraction of sp³-hybridized carbons (Fsp3) is 0.632. The molecule has 1 N–H and O–H groups in total. The van der Waals surface area contributed by atoms with E-state index in [4.69, 9.17) is 9.47 Å². The molecule has 0 aliphatic carbocycles. The molecule has 1 aromatic rings. The normalized spacial score (nSPS) is 25.1. The first-order chi connectivity index (χ1) is 12.8. The van der Waals surface area contributed by atoms with Crippen molar-refractivity contribution in [3.05, 3.63) is 23.8 Å². The van der Waals surface area contributed by atoms with E-state index >= 15 is 0 Å². The molecule has 1 unspecified atom stereocenters. The molecule has 3 rings (SSSR count). The molecule has 0 aromatic heterocycles. The van der Waals surface area contributed by atoms with Gasteiger partial charge in [0.2, 0.25) is 0 Å². The minimum atomic E-state index is -3.70. The topological polar surface area (TPSA) is 77.5 Å². The van der Waals surface area contributed by atoms with Crippen LogP contribution < -0.4 is 9.47 Å². The highest BCUT2D eigenvalue weighted by Gasteiger charge is 2.51. The number of hydrogen-bond donors (Lipinski definition) is 1. The molecule has 0 saturated carbocycles. The quantitative estimate of drug-likeness (QED) is 0.838. The summed E-state index contributed by atoms with van der Waals surface area (Å²) in [6, 6.07) is 3.87. The maximum Gasteiger partial charge on any atom is 0.586 e. The van der Waals surface area contributed by atoms with Crippen LogP contribution in [-0.4, -0.2) is 52.5 Å². The van der Waals surface area contributed by atoms with Crippen molar-refractivity contribution in [2.45, 2.75) is 70.8 Å². The molecule has 2 atom stereocenters. The summed E-state index contributed by atoms with van der Waals surface area (Å²) in [5.41, 5.74) is -1.10. The summed E-state index contributed by atoms with van der Waals surface area (Å²) in [7, 11) is 0. The van der Waals surface area contributed by atoms with Crippen LogP contribution in [0.2, 0.25) is 0 Å². The minimum absolute atomic E-state index is 0.0561. The number of alkyl halides is 2. The van der Waals surface area contributed by atoms with Gasteiger partial charge >= 0.3 is 12.4 Å². The van der Waals surface area contributed by atoms with Gasteiger partial charge in [-0.2, -0.15) is 0 Å². The van der Waals surface area contributed by atoms with Crippen molar-refractivity contribution >= 4 is 6.09 Å². The lowest BCUT2D eigenvalue weighted by Crippen LogP contribution is -2.51. The number of ether oxygens (including phenoxy) is 4. The molecule has 1 amide bonds. The van der Waals surface area contributed by atoms with E-state index in [0.717, 1.165) is 0 Å². The maximum absolute atomic E-state index is 13.3. The van der Waals surface area contributed by atoms with E-state index < -0.39 is 35.9 Å². The summed E-state index contributed by atoms with van der Waals surface area (Å²) >= 11 is 0. The number of amides is 1. The number of benzene rings is 1. The van der Waals surface area contributed by atoms with Gasteiger partial charge < -0.3 is 24.1 Å². The van der Waals surface area contributed by atoms with Gasteiger partial charge in [0.1, 0.15) is 17.4 Å². The Morgan fingerprint density at radius 3 is 2.50 bits per heavy atom. The SMILES string of the molecule is CC(C)(C)OC(=O)N1C(Cc2ccc3c(c2)OC(F)(F)O3)[C@@H](CO)OC1(C)C. The van der Waals surface area contributed by atoms with E-state index in [1.165, 1.54) is 17.0 Å². The second-order valence-electron chi connectivity index (χ2n) is 8.36. The third-order valence-corrected chi connectivity index (χ3v) is 4.46. The van der Waals surface area contributed by atoms with Crippen molar-refractivity contribution in [3.8, 4) is 11.5 Å². The lowest BCUT2D eigenvalue weighted by atomic mass is 10.00. The molecule has 2 aliphatic rings. The molecule has 1 fully saturated rings. The summed E-state index contributed by atoms with van der Waals surface area (Å²) < 4.78 is 46.8. The Balaban J connectivity index is 1.86. The lowest BCUT2D eigenvalue weighted by molar-refractivity contribution is -0.286. The summed E-state index contributed by atoms with van der Waals surface area (Å²) in [5, 5.41) is 9.75. The number of nitrogens with zero attached hydrogens (tertiary/aromatic N) is 1. The third-order valence-electron chi connectivity index (χ3n) is 4.46. The van der Waals surface area contributed by atoms with E-state index in [1.807, 2.05) is 0 Å². The van der Waals surface area contributed by atoms with Gasteiger partial charge in [-0.05, 0) is 58.7 Å². The largest absolute Gasteiger partial charge is 0.586 e. The first kappa shape index (κ1) is 20.6. The molecule has 2 heterocycles. The molecular formula is C19H25F2NO6. The Hall–Kier alpha value is -2.13. The van der Waals surface area contributed by atoms with Gasteiger partial charge in [-0.15, -0.1) is 8.78 Å². The van der Waals surface area contributed by atoms with Gasteiger partial charge in [-0.25, -0.2) is 4.79 Å². The highest BCUT2D eigenvalue weighted by Crippen LogP contribution is 2.42. The Bertz CT molecular complexity index is 761. The Morgan fingerprint density at radius 2 is 1.89 bits per heavy atom. The smallest absolute Gasteiger partial charge is 0.444 e. The molecule has 9 heteroatoms. The Kier molecular flexibility index (Phi) is 4.95. The Labute approximate surface area is 162 Å². The fourth-order valence-electron chi connectivity index (χ4n) is 3.48. The molecule has 0 spiro atoms. The van der Waals surface area contributed by atoms with Crippen LogP contribution in [0.15, 0.2) is 18.2 Å².